The van der Waals surface area contributed by atoms with E-state index in [1.807, 2.05) is 42.5 Å². The Morgan fingerprint density at radius 2 is 1.71 bits per heavy atom. The summed E-state index contributed by atoms with van der Waals surface area (Å²) in [6, 6.07) is 14.9. The predicted molar refractivity (Wildman–Crippen MR) is 91.6 cm³/mol. The maximum atomic E-state index is 12.0. The van der Waals surface area contributed by atoms with Crippen LogP contribution in [0, 0.1) is 0 Å². The van der Waals surface area contributed by atoms with Crippen LogP contribution in [0.4, 0.5) is 0 Å². The van der Waals surface area contributed by atoms with E-state index in [2.05, 4.69) is 4.98 Å². The fourth-order valence-electron chi connectivity index (χ4n) is 2.63. The molecule has 5 heteroatoms. The summed E-state index contributed by atoms with van der Waals surface area (Å²) in [5, 5.41) is 0.867. The molecule has 3 rings (SSSR count). The van der Waals surface area contributed by atoms with E-state index >= 15 is 0 Å². The Morgan fingerprint density at radius 3 is 2.42 bits per heavy atom. The molecule has 0 N–H and O–H groups in total. The topological polar surface area (TPSA) is 57.7 Å². The first-order valence-corrected chi connectivity index (χ1v) is 7.38. The molecule has 1 aromatic heterocycles. The molecule has 122 valence electrons. The molecule has 0 amide bonds. The Kier molecular flexibility index (Phi) is 4.33. The van der Waals surface area contributed by atoms with Crippen LogP contribution in [0.2, 0.25) is 0 Å². The molecule has 0 aliphatic carbocycles. The Hall–Kier alpha value is -3.08. The lowest BCUT2D eigenvalue weighted by atomic mass is 9.99. The Bertz CT molecular complexity index is 905. The summed E-state index contributed by atoms with van der Waals surface area (Å²) in [6.45, 7) is 0. The molecule has 5 nitrogen and oxygen atoms in total. The van der Waals surface area contributed by atoms with Gasteiger partial charge in [0.15, 0.2) is 0 Å². The third-order valence-corrected chi connectivity index (χ3v) is 3.81. The lowest BCUT2D eigenvalue weighted by Crippen LogP contribution is -2.05. The number of hydrogen-bond acceptors (Lipinski definition) is 5. The van der Waals surface area contributed by atoms with Crippen molar-refractivity contribution in [1.82, 2.24) is 4.98 Å². The molecule has 0 unspecified atom stereocenters. The highest BCUT2D eigenvalue weighted by atomic mass is 16.5. The van der Waals surface area contributed by atoms with Crippen LogP contribution in [-0.2, 0) is 4.74 Å². The summed E-state index contributed by atoms with van der Waals surface area (Å²) in [5.74, 6) is 0.943. The van der Waals surface area contributed by atoms with E-state index in [0.717, 1.165) is 16.5 Å². The molecule has 0 bridgehead atoms. The SMILES string of the molecule is COC(=O)c1cc(-c2ccccc2OC)c2cc(OC)ccc2n1. The van der Waals surface area contributed by atoms with Gasteiger partial charge in [-0.05, 0) is 35.9 Å². The van der Waals surface area contributed by atoms with E-state index in [1.54, 1.807) is 20.3 Å². The highest BCUT2D eigenvalue weighted by Gasteiger charge is 2.16. The van der Waals surface area contributed by atoms with Gasteiger partial charge in [0.05, 0.1) is 26.8 Å². The summed E-state index contributed by atoms with van der Waals surface area (Å²) in [5.41, 5.74) is 2.62. The van der Waals surface area contributed by atoms with Gasteiger partial charge in [-0.2, -0.15) is 0 Å². The van der Waals surface area contributed by atoms with Gasteiger partial charge in [0.2, 0.25) is 0 Å². The van der Waals surface area contributed by atoms with E-state index in [4.69, 9.17) is 14.2 Å². The van der Waals surface area contributed by atoms with Gasteiger partial charge in [-0.15, -0.1) is 0 Å². The van der Waals surface area contributed by atoms with E-state index in [9.17, 15) is 4.79 Å². The van der Waals surface area contributed by atoms with E-state index in [1.165, 1.54) is 7.11 Å². The van der Waals surface area contributed by atoms with Crippen molar-refractivity contribution in [3.05, 3.63) is 54.2 Å². The first-order valence-electron chi connectivity index (χ1n) is 7.38. The largest absolute Gasteiger partial charge is 0.497 e. The van der Waals surface area contributed by atoms with Crippen LogP contribution >= 0.6 is 0 Å². The molecule has 0 saturated heterocycles. The number of ether oxygens (including phenoxy) is 3. The number of nitrogens with zero attached hydrogens (tertiary/aromatic N) is 1. The molecular weight excluding hydrogens is 306 g/mol. The predicted octanol–water partition coefficient (Wildman–Crippen LogP) is 3.71. The molecule has 0 aliphatic heterocycles. The maximum absolute atomic E-state index is 12.0. The number of rotatable bonds is 4. The molecule has 24 heavy (non-hydrogen) atoms. The van der Waals surface area contributed by atoms with Crippen molar-refractivity contribution in [2.45, 2.75) is 0 Å². The number of esters is 1. The average molecular weight is 323 g/mol. The second-order valence-electron chi connectivity index (χ2n) is 5.13. The fourth-order valence-corrected chi connectivity index (χ4v) is 2.63. The third kappa shape index (κ3) is 2.76. The summed E-state index contributed by atoms with van der Waals surface area (Å²) >= 11 is 0. The van der Waals surface area contributed by atoms with Crippen molar-refractivity contribution in [3.8, 4) is 22.6 Å². The molecule has 0 radical (unpaired) electrons. The number of hydrogen-bond donors (Lipinski definition) is 0. The van der Waals surface area contributed by atoms with Crippen LogP contribution in [-0.4, -0.2) is 32.3 Å². The first-order chi connectivity index (χ1) is 11.7. The zero-order chi connectivity index (χ0) is 17.1. The number of pyridine rings is 1. The van der Waals surface area contributed by atoms with Gasteiger partial charge in [-0.25, -0.2) is 9.78 Å². The van der Waals surface area contributed by atoms with Crippen LogP contribution in [0.15, 0.2) is 48.5 Å². The number of methoxy groups -OCH3 is 3. The highest BCUT2D eigenvalue weighted by molar-refractivity contribution is 6.01. The molecule has 1 heterocycles. The van der Waals surface area contributed by atoms with Crippen LogP contribution in [0.1, 0.15) is 10.5 Å². The molecule has 0 atom stereocenters. The lowest BCUT2D eigenvalue weighted by Gasteiger charge is -2.13. The van der Waals surface area contributed by atoms with Gasteiger partial charge < -0.3 is 14.2 Å². The molecular formula is C19H17NO4. The molecule has 0 spiro atoms. The number of carbonyl (C=O) groups excluding carboxylic acids is 1. The Labute approximate surface area is 139 Å². The summed E-state index contributed by atoms with van der Waals surface area (Å²) in [4.78, 5) is 16.4. The van der Waals surface area contributed by atoms with Crippen molar-refractivity contribution in [1.29, 1.82) is 0 Å². The average Bonchev–Trinajstić information content (AvgIpc) is 2.65. The van der Waals surface area contributed by atoms with Crippen LogP contribution in [0.25, 0.3) is 22.0 Å². The number of para-hydroxylation sites is 1. The second-order valence-corrected chi connectivity index (χ2v) is 5.13. The second kappa shape index (κ2) is 6.58. The van der Waals surface area contributed by atoms with Crippen molar-refractivity contribution < 1.29 is 19.0 Å². The summed E-state index contributed by atoms with van der Waals surface area (Å²) in [7, 11) is 4.56. The normalized spacial score (nSPS) is 10.5. The minimum Gasteiger partial charge on any atom is -0.497 e. The Balaban J connectivity index is 2.35. The van der Waals surface area contributed by atoms with Gasteiger partial charge in [0.1, 0.15) is 17.2 Å². The third-order valence-electron chi connectivity index (χ3n) is 3.81. The molecule has 0 saturated carbocycles. The van der Waals surface area contributed by atoms with Gasteiger partial charge in [0, 0.05) is 10.9 Å². The van der Waals surface area contributed by atoms with Gasteiger partial charge >= 0.3 is 5.97 Å². The lowest BCUT2D eigenvalue weighted by molar-refractivity contribution is 0.0594. The van der Waals surface area contributed by atoms with Crippen molar-refractivity contribution in [2.24, 2.45) is 0 Å². The fraction of sp³-hybridized carbons (Fsp3) is 0.158. The number of benzene rings is 2. The quantitative estimate of drug-likeness (QED) is 0.685. The minimum absolute atomic E-state index is 0.246. The van der Waals surface area contributed by atoms with E-state index in [-0.39, 0.29) is 5.69 Å². The molecule has 0 aliphatic rings. The number of fused-ring (bicyclic) bond motifs is 1. The van der Waals surface area contributed by atoms with Crippen LogP contribution in [0.5, 0.6) is 11.5 Å². The van der Waals surface area contributed by atoms with Crippen molar-refractivity contribution in [2.75, 3.05) is 21.3 Å². The van der Waals surface area contributed by atoms with E-state index in [0.29, 0.717) is 17.0 Å². The van der Waals surface area contributed by atoms with Crippen molar-refractivity contribution >= 4 is 16.9 Å². The van der Waals surface area contributed by atoms with Crippen molar-refractivity contribution in [3.63, 3.8) is 0 Å². The Morgan fingerprint density at radius 1 is 0.917 bits per heavy atom. The zero-order valence-corrected chi connectivity index (χ0v) is 13.7. The van der Waals surface area contributed by atoms with E-state index < -0.39 is 5.97 Å². The first kappa shape index (κ1) is 15.8. The minimum atomic E-state index is -0.483. The van der Waals surface area contributed by atoms with Gasteiger partial charge in [-0.3, -0.25) is 0 Å². The molecule has 3 aromatic rings. The number of aromatic nitrogens is 1. The number of carbonyl (C=O) groups is 1. The molecule has 0 fully saturated rings. The van der Waals surface area contributed by atoms with Crippen LogP contribution < -0.4 is 9.47 Å². The summed E-state index contributed by atoms with van der Waals surface area (Å²) in [6.07, 6.45) is 0. The smallest absolute Gasteiger partial charge is 0.356 e. The standard InChI is InChI=1S/C19H17NO4/c1-22-12-8-9-16-15(10-12)14(11-17(20-16)19(21)24-3)13-6-4-5-7-18(13)23-2/h4-11H,1-3H3. The monoisotopic (exact) mass is 323 g/mol. The maximum Gasteiger partial charge on any atom is 0.356 e. The molecule has 2 aromatic carbocycles. The summed E-state index contributed by atoms with van der Waals surface area (Å²) < 4.78 is 15.6. The zero-order valence-electron chi connectivity index (χ0n) is 13.7. The van der Waals surface area contributed by atoms with Gasteiger partial charge in [0.25, 0.3) is 0 Å². The van der Waals surface area contributed by atoms with Gasteiger partial charge in [-0.1, -0.05) is 18.2 Å². The van der Waals surface area contributed by atoms with Crippen LogP contribution in [0.3, 0.4) is 0 Å². The highest BCUT2D eigenvalue weighted by Crippen LogP contribution is 2.36.